The van der Waals surface area contributed by atoms with Gasteiger partial charge >= 0.3 is 20.6 Å². The maximum absolute atomic E-state index is 10.5. The Bertz CT molecular complexity index is 645. The molecule has 0 aromatic carbocycles. The van der Waals surface area contributed by atoms with Crippen molar-refractivity contribution in [2.45, 2.75) is 13.8 Å². The molecule has 2 N–H and O–H groups in total. The summed E-state index contributed by atoms with van der Waals surface area (Å²) in [7, 11) is -7.70. The standard InChI is InChI=1S/2C4H5NO4S.Ca/c2*1-3-2-4(6)5-10(7,8)9-3;/h2*2H,1H3,(H,5,6);. The molecule has 0 atom stereocenters. The Hall–Kier alpha value is -0.820. The van der Waals surface area contributed by atoms with Gasteiger partial charge in [0.05, 0.1) is 0 Å². The van der Waals surface area contributed by atoms with Gasteiger partial charge in [0, 0.05) is 49.9 Å². The monoisotopic (exact) mass is 366 g/mol. The van der Waals surface area contributed by atoms with Crippen LogP contribution in [0.5, 0.6) is 0 Å². The molecule has 0 aromatic heterocycles. The molecule has 2 rings (SSSR count). The van der Waals surface area contributed by atoms with Crippen LogP contribution in [-0.4, -0.2) is 66.4 Å². The van der Waals surface area contributed by atoms with Gasteiger partial charge in [0.15, 0.2) is 0 Å². The third kappa shape index (κ3) is 7.66. The van der Waals surface area contributed by atoms with Crippen molar-refractivity contribution >= 4 is 70.2 Å². The van der Waals surface area contributed by atoms with E-state index in [0.717, 1.165) is 12.2 Å². The van der Waals surface area contributed by atoms with Crippen LogP contribution >= 0.6 is 0 Å². The van der Waals surface area contributed by atoms with Crippen LogP contribution in [0, 0.1) is 0 Å². The molecule has 2 aliphatic heterocycles. The molecule has 2 aliphatic rings. The summed E-state index contributed by atoms with van der Waals surface area (Å²) in [6.45, 7) is 2.77. The molecule has 0 aliphatic carbocycles. The van der Waals surface area contributed by atoms with Crippen LogP contribution in [0.4, 0.5) is 0 Å². The van der Waals surface area contributed by atoms with Gasteiger partial charge in [0.25, 0.3) is 11.8 Å². The number of rotatable bonds is 0. The number of nitrogens with one attached hydrogen (secondary N) is 2. The van der Waals surface area contributed by atoms with Gasteiger partial charge in [-0.05, 0) is 13.8 Å². The minimum absolute atomic E-state index is 0. The molecular weight excluding hydrogens is 356 g/mol. The zero-order valence-electron chi connectivity index (χ0n) is 10.9. The molecule has 13 heteroatoms. The van der Waals surface area contributed by atoms with Crippen LogP contribution in [-0.2, 0) is 38.6 Å². The van der Waals surface area contributed by atoms with E-state index in [1.165, 1.54) is 13.8 Å². The second-order valence-corrected chi connectivity index (χ2v) is 6.08. The first-order valence-electron chi connectivity index (χ1n) is 4.88. The summed E-state index contributed by atoms with van der Waals surface area (Å²) in [6.07, 6.45) is 2.11. The minimum Gasteiger partial charge on any atom is -0.371 e. The van der Waals surface area contributed by atoms with Crippen LogP contribution < -0.4 is 9.44 Å². The minimum atomic E-state index is -3.85. The predicted molar refractivity (Wildman–Crippen MR) is 69.6 cm³/mol. The Morgan fingerprint density at radius 2 is 1.10 bits per heavy atom. The van der Waals surface area contributed by atoms with E-state index in [0.29, 0.717) is 0 Å². The first kappa shape index (κ1) is 20.2. The summed E-state index contributed by atoms with van der Waals surface area (Å²) >= 11 is 0. The molecule has 0 bridgehead atoms. The number of allylic oxidation sites excluding steroid dienone is 2. The van der Waals surface area contributed by atoms with E-state index in [1.807, 2.05) is 0 Å². The predicted octanol–water partition coefficient (Wildman–Crippen LogP) is -1.82. The molecule has 0 saturated heterocycles. The maximum atomic E-state index is 10.5. The van der Waals surface area contributed by atoms with Crippen molar-refractivity contribution in [2.24, 2.45) is 0 Å². The summed E-state index contributed by atoms with van der Waals surface area (Å²) in [5, 5.41) is 0. The van der Waals surface area contributed by atoms with Gasteiger partial charge in [-0.15, -0.1) is 0 Å². The number of carbonyl (C=O) groups excluding carboxylic acids is 2. The quantitative estimate of drug-likeness (QED) is 0.477. The van der Waals surface area contributed by atoms with Gasteiger partial charge in [-0.25, -0.2) is 9.44 Å². The Balaban J connectivity index is 0.000000364. The Labute approximate surface area is 151 Å². The van der Waals surface area contributed by atoms with Crippen molar-refractivity contribution in [1.29, 1.82) is 0 Å². The molecule has 0 aromatic rings. The average molecular weight is 366 g/mol. The molecule has 21 heavy (non-hydrogen) atoms. The summed E-state index contributed by atoms with van der Waals surface area (Å²) < 4.78 is 53.6. The van der Waals surface area contributed by atoms with Gasteiger partial charge in [-0.2, -0.15) is 16.8 Å². The molecule has 0 fully saturated rings. The Morgan fingerprint density at radius 1 is 0.810 bits per heavy atom. The maximum Gasteiger partial charge on any atom is 0.409 e. The Kier molecular flexibility index (Phi) is 7.15. The average Bonchev–Trinajstić information content (AvgIpc) is 2.08. The fraction of sp³-hybridized carbons (Fsp3) is 0.250. The molecule has 2 radical (unpaired) electrons. The smallest absolute Gasteiger partial charge is 0.371 e. The van der Waals surface area contributed by atoms with Gasteiger partial charge in [-0.3, -0.25) is 9.59 Å². The van der Waals surface area contributed by atoms with Crippen molar-refractivity contribution < 1.29 is 34.8 Å². The van der Waals surface area contributed by atoms with Crippen molar-refractivity contribution in [3.63, 3.8) is 0 Å². The normalized spacial score (nSPS) is 21.4. The van der Waals surface area contributed by atoms with Crippen molar-refractivity contribution in [2.75, 3.05) is 0 Å². The van der Waals surface area contributed by atoms with Gasteiger partial charge < -0.3 is 8.37 Å². The van der Waals surface area contributed by atoms with E-state index in [1.54, 1.807) is 9.44 Å². The largest absolute Gasteiger partial charge is 0.409 e. The first-order valence-corrected chi connectivity index (χ1v) is 7.70. The fourth-order valence-corrected chi connectivity index (χ4v) is 2.59. The zero-order chi connectivity index (χ0) is 15.6. The molecule has 2 heterocycles. The van der Waals surface area contributed by atoms with E-state index in [4.69, 9.17) is 0 Å². The van der Waals surface area contributed by atoms with E-state index in [9.17, 15) is 26.4 Å². The molecule has 114 valence electrons. The first-order chi connectivity index (χ1) is 8.99. The molecule has 0 saturated carbocycles. The molecule has 0 unspecified atom stereocenters. The van der Waals surface area contributed by atoms with E-state index in [-0.39, 0.29) is 49.3 Å². The topological polar surface area (TPSA) is 145 Å². The van der Waals surface area contributed by atoms with E-state index < -0.39 is 32.4 Å². The number of hydrogen-bond acceptors (Lipinski definition) is 8. The summed E-state index contributed by atoms with van der Waals surface area (Å²) in [5.74, 6) is -1.21. The molecule has 0 spiro atoms. The van der Waals surface area contributed by atoms with E-state index in [2.05, 4.69) is 8.37 Å². The van der Waals surface area contributed by atoms with Crippen LogP contribution in [0.3, 0.4) is 0 Å². The van der Waals surface area contributed by atoms with Crippen LogP contribution in [0.2, 0.25) is 0 Å². The van der Waals surface area contributed by atoms with Crippen molar-refractivity contribution in [1.82, 2.24) is 9.44 Å². The molecule has 10 nitrogen and oxygen atoms in total. The van der Waals surface area contributed by atoms with Crippen molar-refractivity contribution in [3.8, 4) is 0 Å². The SMILES string of the molecule is CC1=CC(=O)NS(=O)(=O)O1.CC1=CC(=O)NS(=O)(=O)O1.[Ca]. The van der Waals surface area contributed by atoms with Crippen LogP contribution in [0.25, 0.3) is 0 Å². The number of hydrogen-bond donors (Lipinski definition) is 2. The Morgan fingerprint density at radius 3 is 1.29 bits per heavy atom. The summed E-state index contributed by atoms with van der Waals surface area (Å²) in [5.41, 5.74) is 0. The summed E-state index contributed by atoms with van der Waals surface area (Å²) in [4.78, 5) is 20.9. The zero-order valence-corrected chi connectivity index (χ0v) is 14.8. The number of carbonyl (C=O) groups is 2. The molecule has 2 amide bonds. The fourth-order valence-electron chi connectivity index (χ4n) is 1.11. The van der Waals surface area contributed by atoms with Crippen molar-refractivity contribution in [3.05, 3.63) is 23.7 Å². The number of amides is 2. The van der Waals surface area contributed by atoms with Gasteiger partial charge in [0.1, 0.15) is 11.5 Å². The summed E-state index contributed by atoms with van der Waals surface area (Å²) in [6, 6.07) is 0. The third-order valence-corrected chi connectivity index (χ3v) is 3.47. The van der Waals surface area contributed by atoms with Gasteiger partial charge in [0.2, 0.25) is 0 Å². The molecular formula is C8H10CaN2O8S2. The third-order valence-electron chi connectivity index (χ3n) is 1.60. The second-order valence-electron chi connectivity index (χ2n) is 3.52. The van der Waals surface area contributed by atoms with Crippen LogP contribution in [0.15, 0.2) is 23.7 Å². The second kappa shape index (κ2) is 7.44. The van der Waals surface area contributed by atoms with Crippen LogP contribution in [0.1, 0.15) is 13.8 Å². The van der Waals surface area contributed by atoms with E-state index >= 15 is 0 Å². The van der Waals surface area contributed by atoms with Gasteiger partial charge in [-0.1, -0.05) is 0 Å².